The van der Waals surface area contributed by atoms with E-state index in [-0.39, 0.29) is 11.9 Å². The van der Waals surface area contributed by atoms with Crippen LogP contribution in [0.3, 0.4) is 0 Å². The summed E-state index contributed by atoms with van der Waals surface area (Å²) < 4.78 is 14.4. The lowest BCUT2D eigenvalue weighted by Crippen LogP contribution is -2.19. The second-order valence-electron chi connectivity index (χ2n) is 4.27. The van der Waals surface area contributed by atoms with Crippen molar-refractivity contribution in [2.45, 2.75) is 10.9 Å². The van der Waals surface area contributed by atoms with Crippen LogP contribution in [0.15, 0.2) is 51.8 Å². The van der Waals surface area contributed by atoms with Crippen molar-refractivity contribution < 1.29 is 4.39 Å². The predicted octanol–water partition coefficient (Wildman–Crippen LogP) is 5.29. The van der Waals surface area contributed by atoms with Crippen molar-refractivity contribution in [2.75, 3.05) is 12.8 Å². The first-order valence-electron chi connectivity index (χ1n) is 6.10. The molecule has 0 heterocycles. The number of benzene rings is 2. The average molecular weight is 375 g/mol. The van der Waals surface area contributed by atoms with Crippen molar-refractivity contribution >= 4 is 39.3 Å². The van der Waals surface area contributed by atoms with Crippen molar-refractivity contribution in [3.05, 3.63) is 63.3 Å². The van der Waals surface area contributed by atoms with Gasteiger partial charge in [-0.2, -0.15) is 0 Å². The molecule has 0 saturated carbocycles. The van der Waals surface area contributed by atoms with E-state index in [2.05, 4.69) is 33.4 Å². The molecule has 0 aliphatic rings. The predicted molar refractivity (Wildman–Crippen MR) is 88.1 cm³/mol. The van der Waals surface area contributed by atoms with Crippen LogP contribution in [0.4, 0.5) is 4.39 Å². The number of thioether (sulfide) groups is 1. The molecule has 0 saturated heterocycles. The molecule has 1 unspecified atom stereocenters. The Morgan fingerprint density at radius 1 is 1.25 bits per heavy atom. The van der Waals surface area contributed by atoms with Gasteiger partial charge in [0.15, 0.2) is 0 Å². The molecule has 0 aliphatic carbocycles. The lowest BCUT2D eigenvalue weighted by atomic mass is 10.1. The molecule has 2 aromatic carbocycles. The van der Waals surface area contributed by atoms with Crippen LogP contribution in [0.2, 0.25) is 5.02 Å². The quantitative estimate of drug-likeness (QED) is 0.713. The van der Waals surface area contributed by atoms with Gasteiger partial charge in [-0.05, 0) is 55.1 Å². The Labute approximate surface area is 136 Å². The SMILES string of the molecule is CNC(CSc1ccc(Br)cc1)c1cc(F)ccc1Cl. The highest BCUT2D eigenvalue weighted by Crippen LogP contribution is 2.29. The van der Waals surface area contributed by atoms with Crippen molar-refractivity contribution in [1.29, 1.82) is 0 Å². The average Bonchev–Trinajstić information content (AvgIpc) is 2.45. The summed E-state index contributed by atoms with van der Waals surface area (Å²) in [5.41, 5.74) is 0.791. The maximum Gasteiger partial charge on any atom is 0.123 e. The minimum Gasteiger partial charge on any atom is -0.312 e. The molecule has 106 valence electrons. The third kappa shape index (κ3) is 4.22. The van der Waals surface area contributed by atoms with Gasteiger partial charge in [-0.25, -0.2) is 4.39 Å². The van der Waals surface area contributed by atoms with Crippen molar-refractivity contribution in [2.24, 2.45) is 0 Å². The number of nitrogens with one attached hydrogen (secondary N) is 1. The summed E-state index contributed by atoms with van der Waals surface area (Å²) >= 11 is 11.3. The Hall–Kier alpha value is -0.550. The van der Waals surface area contributed by atoms with Gasteiger partial charge in [0.2, 0.25) is 0 Å². The first-order chi connectivity index (χ1) is 9.60. The van der Waals surface area contributed by atoms with Crippen LogP contribution in [0.25, 0.3) is 0 Å². The Balaban J connectivity index is 2.09. The minimum atomic E-state index is -0.265. The first-order valence-corrected chi connectivity index (χ1v) is 8.26. The molecule has 0 spiro atoms. The van der Waals surface area contributed by atoms with Crippen molar-refractivity contribution in [1.82, 2.24) is 5.32 Å². The summed E-state index contributed by atoms with van der Waals surface area (Å²) in [6.45, 7) is 0. The second kappa shape index (κ2) is 7.46. The molecular weight excluding hydrogens is 361 g/mol. The summed E-state index contributed by atoms with van der Waals surface area (Å²) in [7, 11) is 1.86. The number of rotatable bonds is 5. The van der Waals surface area contributed by atoms with E-state index in [1.807, 2.05) is 19.2 Å². The molecular formula is C15H14BrClFNS. The maximum atomic E-state index is 13.4. The summed E-state index contributed by atoms with van der Waals surface area (Å²) in [4.78, 5) is 1.17. The van der Waals surface area contributed by atoms with E-state index >= 15 is 0 Å². The zero-order valence-electron chi connectivity index (χ0n) is 10.9. The standard InChI is InChI=1S/C15H14BrClFNS/c1-19-15(13-8-11(18)4-7-14(13)17)9-20-12-5-2-10(16)3-6-12/h2-8,15,19H,9H2,1H3. The van der Waals surface area contributed by atoms with Crippen LogP contribution in [0.5, 0.6) is 0 Å². The largest absolute Gasteiger partial charge is 0.312 e. The van der Waals surface area contributed by atoms with Gasteiger partial charge in [-0.1, -0.05) is 27.5 Å². The van der Waals surface area contributed by atoms with Crippen LogP contribution < -0.4 is 5.32 Å². The normalized spacial score (nSPS) is 12.4. The third-order valence-electron chi connectivity index (χ3n) is 2.91. The molecule has 2 aromatic rings. The highest BCUT2D eigenvalue weighted by Gasteiger charge is 2.14. The highest BCUT2D eigenvalue weighted by molar-refractivity contribution is 9.10. The molecule has 0 radical (unpaired) electrons. The first kappa shape index (κ1) is 15.8. The van der Waals surface area contributed by atoms with Gasteiger partial charge >= 0.3 is 0 Å². The lowest BCUT2D eigenvalue weighted by molar-refractivity contribution is 0.611. The van der Waals surface area contributed by atoms with Crippen molar-refractivity contribution in [3.63, 3.8) is 0 Å². The molecule has 0 bridgehead atoms. The van der Waals surface area contributed by atoms with Crippen molar-refractivity contribution in [3.8, 4) is 0 Å². The summed E-state index contributed by atoms with van der Waals surface area (Å²) in [5, 5.41) is 3.77. The van der Waals surface area contributed by atoms with E-state index < -0.39 is 0 Å². The van der Waals surface area contributed by atoms with E-state index in [0.29, 0.717) is 5.02 Å². The lowest BCUT2D eigenvalue weighted by Gasteiger charge is -2.17. The van der Waals surface area contributed by atoms with Crippen LogP contribution >= 0.6 is 39.3 Å². The molecule has 20 heavy (non-hydrogen) atoms. The Bertz CT molecular complexity index is 577. The zero-order chi connectivity index (χ0) is 14.5. The highest BCUT2D eigenvalue weighted by atomic mass is 79.9. The van der Waals surface area contributed by atoms with Gasteiger partial charge in [0, 0.05) is 26.2 Å². The number of hydrogen-bond acceptors (Lipinski definition) is 2. The fourth-order valence-corrected chi connectivity index (χ4v) is 3.37. The van der Waals surface area contributed by atoms with Gasteiger partial charge < -0.3 is 5.32 Å². The van der Waals surface area contributed by atoms with E-state index in [4.69, 9.17) is 11.6 Å². The van der Waals surface area contributed by atoms with E-state index in [1.165, 1.54) is 17.0 Å². The molecule has 0 fully saturated rings. The third-order valence-corrected chi connectivity index (χ3v) is 4.89. The maximum absolute atomic E-state index is 13.4. The van der Waals surface area contributed by atoms with E-state index in [0.717, 1.165) is 15.8 Å². The molecule has 1 nitrogen and oxygen atoms in total. The topological polar surface area (TPSA) is 12.0 Å². The van der Waals surface area contributed by atoms with E-state index in [9.17, 15) is 4.39 Å². The van der Waals surface area contributed by atoms with Gasteiger partial charge in [0.25, 0.3) is 0 Å². The van der Waals surface area contributed by atoms with Crippen LogP contribution in [-0.2, 0) is 0 Å². The molecule has 1 atom stereocenters. The summed E-state index contributed by atoms with van der Waals surface area (Å²) in [5.74, 6) is 0.514. The van der Waals surface area contributed by atoms with E-state index in [1.54, 1.807) is 17.8 Å². The molecule has 0 aromatic heterocycles. The minimum absolute atomic E-state index is 0.00634. The number of hydrogen-bond donors (Lipinski definition) is 1. The van der Waals surface area contributed by atoms with Gasteiger partial charge in [-0.15, -0.1) is 11.8 Å². The smallest absolute Gasteiger partial charge is 0.123 e. The van der Waals surface area contributed by atoms with Gasteiger partial charge in [-0.3, -0.25) is 0 Å². The Morgan fingerprint density at radius 2 is 1.95 bits per heavy atom. The molecule has 1 N–H and O–H groups in total. The van der Waals surface area contributed by atoms with Crippen LogP contribution in [-0.4, -0.2) is 12.8 Å². The van der Waals surface area contributed by atoms with Crippen LogP contribution in [0, 0.1) is 5.82 Å². The van der Waals surface area contributed by atoms with Gasteiger partial charge in [0.1, 0.15) is 5.82 Å². The molecule has 2 rings (SSSR count). The zero-order valence-corrected chi connectivity index (χ0v) is 14.0. The number of halogens is 3. The Kier molecular flexibility index (Phi) is 5.90. The fraction of sp³-hybridized carbons (Fsp3) is 0.200. The summed E-state index contributed by atoms with van der Waals surface area (Å²) in [6.07, 6.45) is 0. The monoisotopic (exact) mass is 373 g/mol. The molecule has 0 aliphatic heterocycles. The molecule has 5 heteroatoms. The molecule has 0 amide bonds. The second-order valence-corrected chi connectivity index (χ2v) is 6.69. The summed E-state index contributed by atoms with van der Waals surface area (Å²) in [6, 6.07) is 12.6. The fourth-order valence-electron chi connectivity index (χ4n) is 1.82. The van der Waals surface area contributed by atoms with Crippen LogP contribution in [0.1, 0.15) is 11.6 Å². The van der Waals surface area contributed by atoms with Gasteiger partial charge in [0.05, 0.1) is 0 Å². The Morgan fingerprint density at radius 3 is 2.60 bits per heavy atom.